The molecule has 0 bridgehead atoms. The molecular weight excluding hydrogens is 483 g/mol. The lowest BCUT2D eigenvalue weighted by Crippen LogP contribution is -2.48. The van der Waals surface area contributed by atoms with Crippen molar-refractivity contribution in [3.8, 4) is 5.75 Å². The molecule has 2 fully saturated rings. The minimum Gasteiger partial charge on any atom is -0.469 e. The fourth-order valence-electron chi connectivity index (χ4n) is 6.95. The normalized spacial score (nSPS) is 27.5. The first-order chi connectivity index (χ1) is 17.3. The number of guanidine groups is 1. The zero-order valence-electron chi connectivity index (χ0n) is 21.6. The molecule has 0 amide bonds. The van der Waals surface area contributed by atoms with Crippen LogP contribution in [0.2, 0.25) is 0 Å². The van der Waals surface area contributed by atoms with E-state index in [-0.39, 0.29) is 22.7 Å². The molecule has 5 rings (SSSR count). The molecule has 1 saturated carbocycles. The molecule has 2 aromatic rings. The van der Waals surface area contributed by atoms with Crippen LogP contribution in [0.5, 0.6) is 5.75 Å². The maximum absolute atomic E-state index is 12.6. The van der Waals surface area contributed by atoms with Crippen LogP contribution >= 0.6 is 0 Å². The highest BCUT2D eigenvalue weighted by Crippen LogP contribution is 2.64. The summed E-state index contributed by atoms with van der Waals surface area (Å²) < 4.78 is 47.2. The molecule has 2 heterocycles. The largest absolute Gasteiger partial charge is 0.573 e. The van der Waals surface area contributed by atoms with Gasteiger partial charge in [0.1, 0.15) is 18.0 Å². The second kappa shape index (κ2) is 8.75. The molecule has 3 atom stereocenters. The van der Waals surface area contributed by atoms with Gasteiger partial charge in [0.15, 0.2) is 11.2 Å². The second-order valence-electron chi connectivity index (χ2n) is 11.6. The number of ether oxygens (including phenoxy) is 2. The maximum Gasteiger partial charge on any atom is 0.573 e. The number of rotatable bonds is 5. The highest BCUT2D eigenvalue weighted by atomic mass is 19.4. The van der Waals surface area contributed by atoms with Crippen molar-refractivity contribution in [3.05, 3.63) is 48.0 Å². The molecule has 198 valence electrons. The molecule has 37 heavy (non-hydrogen) atoms. The average Bonchev–Trinajstić information content (AvgIpc) is 3.29. The van der Waals surface area contributed by atoms with Crippen LogP contribution < -0.4 is 14.5 Å². The number of benzene rings is 2. The van der Waals surface area contributed by atoms with E-state index in [2.05, 4.69) is 43.0 Å². The minimum atomic E-state index is -4.73. The van der Waals surface area contributed by atoms with Gasteiger partial charge < -0.3 is 9.47 Å². The number of fused-ring (bicyclic) bond motifs is 3. The number of carbonyl (C=O) groups excluding carboxylic acids is 1. The van der Waals surface area contributed by atoms with Crippen molar-refractivity contribution in [2.75, 3.05) is 19.0 Å². The van der Waals surface area contributed by atoms with Gasteiger partial charge in [-0.05, 0) is 60.1 Å². The van der Waals surface area contributed by atoms with E-state index < -0.39 is 6.36 Å². The van der Waals surface area contributed by atoms with Gasteiger partial charge in [-0.3, -0.25) is 10.1 Å². The van der Waals surface area contributed by atoms with Gasteiger partial charge in [0.25, 0.3) is 0 Å². The number of aryl methyl sites for hydroxylation is 1. The predicted molar refractivity (Wildman–Crippen MR) is 137 cm³/mol. The molecular formula is C28H33F3N3O3+. The molecule has 2 aliphatic heterocycles. The van der Waals surface area contributed by atoms with Crippen LogP contribution in [0.3, 0.4) is 0 Å². The highest BCUT2D eigenvalue weighted by Gasteiger charge is 2.78. The number of anilines is 1. The van der Waals surface area contributed by atoms with Gasteiger partial charge in [-0.25, -0.2) is 4.48 Å². The molecule has 0 radical (unpaired) electrons. The van der Waals surface area contributed by atoms with Crippen molar-refractivity contribution in [1.29, 1.82) is 0 Å². The van der Waals surface area contributed by atoms with E-state index in [1.807, 2.05) is 6.07 Å². The zero-order chi connectivity index (χ0) is 26.6. The summed E-state index contributed by atoms with van der Waals surface area (Å²) in [7, 11) is 1.38. The summed E-state index contributed by atoms with van der Waals surface area (Å²) in [4.78, 5) is 16.7. The number of nitrogens with one attached hydrogen (secondary N) is 1. The van der Waals surface area contributed by atoms with Crippen LogP contribution in [-0.4, -0.2) is 37.5 Å². The summed E-state index contributed by atoms with van der Waals surface area (Å²) in [6.07, 6.45) is -0.551. The first-order valence-corrected chi connectivity index (χ1v) is 12.7. The number of hydrogen-bond donors (Lipinski definition) is 1. The molecule has 2 spiro atoms. The molecule has 1 saturated heterocycles. The van der Waals surface area contributed by atoms with Gasteiger partial charge in [-0.1, -0.05) is 26.8 Å². The summed E-state index contributed by atoms with van der Waals surface area (Å²) in [5.74, 6) is 0.843. The van der Waals surface area contributed by atoms with Crippen LogP contribution in [0.1, 0.15) is 52.0 Å². The van der Waals surface area contributed by atoms with E-state index >= 15 is 0 Å². The maximum atomic E-state index is 12.6. The Morgan fingerprint density at radius 3 is 2.54 bits per heavy atom. The van der Waals surface area contributed by atoms with Crippen molar-refractivity contribution in [1.82, 2.24) is 4.48 Å². The van der Waals surface area contributed by atoms with Gasteiger partial charge in [0, 0.05) is 31.0 Å². The van der Waals surface area contributed by atoms with Crippen molar-refractivity contribution in [3.63, 3.8) is 0 Å². The number of methoxy groups -OCH3 is 1. The van der Waals surface area contributed by atoms with Crippen molar-refractivity contribution in [2.45, 2.75) is 64.8 Å². The molecule has 6 nitrogen and oxygen atoms in total. The van der Waals surface area contributed by atoms with Crippen LogP contribution in [0, 0.1) is 11.3 Å². The summed E-state index contributed by atoms with van der Waals surface area (Å²) in [5, 5.41) is 3.43. The Hall–Kier alpha value is -3.07. The highest BCUT2D eigenvalue weighted by molar-refractivity contribution is 6.12. The molecule has 3 unspecified atom stereocenters. The number of hydrogen-bond acceptors (Lipinski definition) is 5. The number of aliphatic imine (C=N–C) groups is 1. The number of alkyl halides is 3. The topological polar surface area (TPSA) is 59.9 Å². The molecule has 0 aromatic heterocycles. The van der Waals surface area contributed by atoms with Crippen LogP contribution in [0.15, 0.2) is 47.5 Å². The third kappa shape index (κ3) is 4.81. The summed E-state index contributed by atoms with van der Waals surface area (Å²) >= 11 is 0. The smallest absolute Gasteiger partial charge is 0.469 e. The van der Waals surface area contributed by atoms with E-state index in [0.717, 1.165) is 42.3 Å². The van der Waals surface area contributed by atoms with Gasteiger partial charge in [-0.15, -0.1) is 13.2 Å². The Labute approximate surface area is 215 Å². The lowest BCUT2D eigenvalue weighted by atomic mass is 9.67. The second-order valence-corrected chi connectivity index (χ2v) is 11.6. The molecule has 9 heteroatoms. The zero-order valence-corrected chi connectivity index (χ0v) is 21.6. The Bertz CT molecular complexity index is 1240. The number of nitrogens with zero attached hydrogens (tertiary/aromatic N) is 2. The Morgan fingerprint density at radius 1 is 1.16 bits per heavy atom. The summed E-state index contributed by atoms with van der Waals surface area (Å²) in [6, 6.07) is 12.0. The molecule has 2 aromatic carbocycles. The van der Waals surface area contributed by atoms with E-state index in [1.165, 1.54) is 25.7 Å². The van der Waals surface area contributed by atoms with Crippen molar-refractivity contribution >= 4 is 29.0 Å². The SMILES string of the molecule is COC(=O)CCc1ccc2c(c1)N=C(Nc1ccc(OC(F)(F)F)cc1)[N+]21CC12CC(C)CC(C)(C)C2. The standard InChI is InChI=1S/C28H33F3N3O3/c1-18-14-26(2,3)16-27(15-18)17-34(27)23-11-5-19(6-12-24(35)36-4)13-22(23)33-25(34)32-20-7-9-21(10-8-20)37-28(29,30)31/h5,7-11,13,18H,6,12,14-17H2,1-4H3,(H,32,33)/q+1. The minimum absolute atomic E-state index is 0.0190. The predicted octanol–water partition coefficient (Wildman–Crippen LogP) is 6.71. The molecule has 1 N–H and O–H groups in total. The average molecular weight is 517 g/mol. The Kier molecular flexibility index (Phi) is 6.05. The quantitative estimate of drug-likeness (QED) is 0.273. The fraction of sp³-hybridized carbons (Fsp3) is 0.500. The first-order valence-electron chi connectivity index (χ1n) is 12.7. The van der Waals surface area contributed by atoms with Gasteiger partial charge >= 0.3 is 18.3 Å². The van der Waals surface area contributed by atoms with Crippen molar-refractivity contribution < 1.29 is 27.4 Å². The van der Waals surface area contributed by atoms with Gasteiger partial charge in [-0.2, -0.15) is 4.99 Å². The first kappa shape index (κ1) is 25.6. The van der Waals surface area contributed by atoms with E-state index in [4.69, 9.17) is 9.73 Å². The fourth-order valence-corrected chi connectivity index (χ4v) is 6.95. The van der Waals surface area contributed by atoms with Crippen molar-refractivity contribution in [2.24, 2.45) is 16.3 Å². The number of halogens is 3. The van der Waals surface area contributed by atoms with E-state index in [1.54, 1.807) is 12.1 Å². The van der Waals surface area contributed by atoms with Gasteiger partial charge in [0.05, 0.1) is 7.11 Å². The third-order valence-corrected chi connectivity index (χ3v) is 7.90. The van der Waals surface area contributed by atoms with Crippen LogP contribution in [0.25, 0.3) is 0 Å². The van der Waals surface area contributed by atoms with E-state index in [0.29, 0.717) is 28.9 Å². The van der Waals surface area contributed by atoms with Crippen LogP contribution in [0.4, 0.5) is 30.2 Å². The number of carbonyl (C=O) groups is 1. The number of quaternary nitrogens is 1. The Balaban J connectivity index is 1.47. The number of esters is 1. The van der Waals surface area contributed by atoms with Crippen LogP contribution in [-0.2, 0) is 16.0 Å². The molecule has 3 aliphatic rings. The summed E-state index contributed by atoms with van der Waals surface area (Å²) in [6.45, 7) is 7.90. The monoisotopic (exact) mass is 516 g/mol. The third-order valence-electron chi connectivity index (χ3n) is 7.90. The Morgan fingerprint density at radius 2 is 1.89 bits per heavy atom. The summed E-state index contributed by atoms with van der Waals surface area (Å²) in [5.41, 5.74) is 3.88. The van der Waals surface area contributed by atoms with Gasteiger partial charge in [0.2, 0.25) is 0 Å². The lowest BCUT2D eigenvalue weighted by molar-refractivity contribution is -0.274. The lowest BCUT2D eigenvalue weighted by Gasteiger charge is -2.39. The molecule has 1 aliphatic carbocycles. The van der Waals surface area contributed by atoms with E-state index in [9.17, 15) is 18.0 Å².